The highest BCUT2D eigenvalue weighted by Crippen LogP contribution is 2.09. The Morgan fingerprint density at radius 3 is 2.88 bits per heavy atom. The minimum Gasteiger partial charge on any atom is -0.254 e. The molecular formula is C6H5ClN. The van der Waals surface area contributed by atoms with Gasteiger partial charge in [-0.25, -0.2) is 0 Å². The molecule has 2 heteroatoms. The lowest BCUT2D eigenvalue weighted by atomic mass is 10.3. The molecule has 0 aliphatic heterocycles. The van der Waals surface area contributed by atoms with Gasteiger partial charge in [0, 0.05) is 11.2 Å². The maximum absolute atomic E-state index is 5.64. The number of pyridine rings is 1. The minimum absolute atomic E-state index is 0.722. The van der Waals surface area contributed by atoms with Crippen LogP contribution in [-0.4, -0.2) is 4.98 Å². The fraction of sp³-hybridized carbons (Fsp3) is 0.167. The van der Waals surface area contributed by atoms with E-state index in [0.717, 1.165) is 10.6 Å². The number of nitrogens with zero attached hydrogens (tertiary/aromatic N) is 1. The Morgan fingerprint density at radius 1 is 1.75 bits per heavy atom. The van der Waals surface area contributed by atoms with E-state index in [1.807, 2.05) is 6.92 Å². The van der Waals surface area contributed by atoms with Crippen LogP contribution in [0, 0.1) is 13.1 Å². The summed E-state index contributed by atoms with van der Waals surface area (Å²) in [6.07, 6.45) is 4.30. The largest absolute Gasteiger partial charge is 0.254 e. The van der Waals surface area contributed by atoms with Gasteiger partial charge in [0.2, 0.25) is 0 Å². The van der Waals surface area contributed by atoms with E-state index < -0.39 is 0 Å². The molecule has 8 heavy (non-hydrogen) atoms. The first kappa shape index (κ1) is 5.57. The Morgan fingerprint density at radius 2 is 2.50 bits per heavy atom. The monoisotopic (exact) mass is 126 g/mol. The van der Waals surface area contributed by atoms with Gasteiger partial charge in [0.1, 0.15) is 0 Å². The van der Waals surface area contributed by atoms with Crippen molar-refractivity contribution in [3.63, 3.8) is 0 Å². The number of halogens is 1. The number of aromatic nitrogens is 1. The van der Waals surface area contributed by atoms with Crippen molar-refractivity contribution in [2.45, 2.75) is 6.92 Å². The molecule has 1 aromatic rings. The van der Waals surface area contributed by atoms with Crippen molar-refractivity contribution >= 4 is 11.6 Å². The molecule has 0 aliphatic rings. The molecule has 1 rings (SSSR count). The maximum atomic E-state index is 5.64. The fourth-order valence-corrected chi connectivity index (χ4v) is 0.501. The van der Waals surface area contributed by atoms with Gasteiger partial charge >= 0.3 is 0 Å². The first-order valence-corrected chi connectivity index (χ1v) is 2.66. The van der Waals surface area contributed by atoms with E-state index in [-0.39, 0.29) is 0 Å². The van der Waals surface area contributed by atoms with Crippen LogP contribution in [0.3, 0.4) is 0 Å². The standard InChI is InChI=1S/C6H5ClN/c1-5-4-8-3-2-6(5)7/h2,4H,1H3. The topological polar surface area (TPSA) is 12.9 Å². The van der Waals surface area contributed by atoms with Crippen LogP contribution < -0.4 is 0 Å². The highest BCUT2D eigenvalue weighted by atomic mass is 35.5. The lowest BCUT2D eigenvalue weighted by molar-refractivity contribution is 1.26. The van der Waals surface area contributed by atoms with E-state index in [1.54, 1.807) is 12.3 Å². The van der Waals surface area contributed by atoms with Gasteiger partial charge in [-0.15, -0.1) is 0 Å². The average molecular weight is 127 g/mol. The second kappa shape index (κ2) is 2.14. The van der Waals surface area contributed by atoms with Gasteiger partial charge in [0.15, 0.2) is 0 Å². The van der Waals surface area contributed by atoms with E-state index in [4.69, 9.17) is 11.6 Å². The number of hydrogen-bond acceptors (Lipinski definition) is 1. The van der Waals surface area contributed by atoms with Crippen LogP contribution in [0.5, 0.6) is 0 Å². The van der Waals surface area contributed by atoms with Crippen LogP contribution in [0.1, 0.15) is 5.56 Å². The zero-order chi connectivity index (χ0) is 5.98. The quantitative estimate of drug-likeness (QED) is 0.517. The molecule has 0 bridgehead atoms. The second-order valence-electron chi connectivity index (χ2n) is 1.56. The molecule has 0 saturated carbocycles. The van der Waals surface area contributed by atoms with Crippen molar-refractivity contribution < 1.29 is 0 Å². The number of aryl methyl sites for hydroxylation is 1. The van der Waals surface area contributed by atoms with Gasteiger partial charge in [0.25, 0.3) is 0 Å². The summed E-state index contributed by atoms with van der Waals surface area (Å²) >= 11 is 5.64. The SMILES string of the molecule is Cc1cn[c]cc1Cl. The van der Waals surface area contributed by atoms with Gasteiger partial charge < -0.3 is 0 Å². The highest BCUT2D eigenvalue weighted by molar-refractivity contribution is 6.31. The molecule has 0 spiro atoms. The third-order valence-electron chi connectivity index (χ3n) is 0.901. The zero-order valence-electron chi connectivity index (χ0n) is 4.48. The molecule has 1 aromatic heterocycles. The Hall–Kier alpha value is -0.560. The molecule has 41 valence electrons. The molecule has 0 amide bonds. The first-order chi connectivity index (χ1) is 3.80. The first-order valence-electron chi connectivity index (χ1n) is 2.29. The normalized spacial score (nSPS) is 9.25. The highest BCUT2D eigenvalue weighted by Gasteiger charge is 1.88. The van der Waals surface area contributed by atoms with E-state index >= 15 is 0 Å². The Kier molecular flexibility index (Phi) is 1.49. The van der Waals surface area contributed by atoms with E-state index in [9.17, 15) is 0 Å². The summed E-state index contributed by atoms with van der Waals surface area (Å²) in [5.41, 5.74) is 0.991. The van der Waals surface area contributed by atoms with Gasteiger partial charge in [0.05, 0.1) is 6.20 Å². The van der Waals surface area contributed by atoms with Gasteiger partial charge in [-0.3, -0.25) is 4.98 Å². The van der Waals surface area contributed by atoms with Crippen molar-refractivity contribution in [3.8, 4) is 0 Å². The Bertz CT molecular complexity index is 165. The van der Waals surface area contributed by atoms with Crippen LogP contribution in [0.25, 0.3) is 0 Å². The van der Waals surface area contributed by atoms with Crippen LogP contribution >= 0.6 is 11.6 Å². The summed E-state index contributed by atoms with van der Waals surface area (Å²) in [7, 11) is 0. The second-order valence-corrected chi connectivity index (χ2v) is 1.97. The summed E-state index contributed by atoms with van der Waals surface area (Å²) in [6.45, 7) is 1.91. The maximum Gasteiger partial charge on any atom is 0.0901 e. The molecule has 0 N–H and O–H groups in total. The summed E-state index contributed by atoms with van der Waals surface area (Å²) in [5.74, 6) is 0. The van der Waals surface area contributed by atoms with E-state index in [0.29, 0.717) is 0 Å². The molecule has 0 atom stereocenters. The summed E-state index contributed by atoms with van der Waals surface area (Å²) in [6, 6.07) is 1.65. The average Bonchev–Trinajstić information content (AvgIpc) is 1.77. The van der Waals surface area contributed by atoms with E-state index in [1.165, 1.54) is 0 Å². The molecule has 1 heterocycles. The van der Waals surface area contributed by atoms with Gasteiger partial charge in [-0.05, 0) is 18.6 Å². The Labute approximate surface area is 53.3 Å². The third kappa shape index (κ3) is 0.984. The summed E-state index contributed by atoms with van der Waals surface area (Å²) in [4.78, 5) is 3.74. The van der Waals surface area contributed by atoms with Crippen molar-refractivity contribution in [2.75, 3.05) is 0 Å². The van der Waals surface area contributed by atoms with Crippen molar-refractivity contribution in [1.29, 1.82) is 0 Å². The fourth-order valence-electron chi connectivity index (χ4n) is 0.404. The minimum atomic E-state index is 0.722. The lowest BCUT2D eigenvalue weighted by Crippen LogP contribution is -1.74. The van der Waals surface area contributed by atoms with Gasteiger partial charge in [-0.2, -0.15) is 0 Å². The van der Waals surface area contributed by atoms with Crippen molar-refractivity contribution in [2.24, 2.45) is 0 Å². The summed E-state index contributed by atoms with van der Waals surface area (Å²) < 4.78 is 0. The third-order valence-corrected chi connectivity index (χ3v) is 1.31. The molecule has 1 nitrogen and oxygen atoms in total. The smallest absolute Gasteiger partial charge is 0.0901 e. The molecule has 0 unspecified atom stereocenters. The predicted octanol–water partition coefficient (Wildman–Crippen LogP) is 1.84. The molecule has 0 aromatic carbocycles. The molecular weight excluding hydrogens is 122 g/mol. The predicted molar refractivity (Wildman–Crippen MR) is 32.8 cm³/mol. The van der Waals surface area contributed by atoms with Crippen LogP contribution in [0.2, 0.25) is 5.02 Å². The number of rotatable bonds is 0. The summed E-state index contributed by atoms with van der Waals surface area (Å²) in [5, 5.41) is 0.722. The lowest BCUT2D eigenvalue weighted by Gasteiger charge is -1.89. The van der Waals surface area contributed by atoms with Crippen molar-refractivity contribution in [3.05, 3.63) is 29.0 Å². The van der Waals surface area contributed by atoms with Crippen LogP contribution in [0.15, 0.2) is 12.3 Å². The molecule has 0 aliphatic carbocycles. The molecule has 0 saturated heterocycles. The number of hydrogen-bond donors (Lipinski definition) is 0. The zero-order valence-corrected chi connectivity index (χ0v) is 5.24. The van der Waals surface area contributed by atoms with Crippen LogP contribution in [0.4, 0.5) is 0 Å². The van der Waals surface area contributed by atoms with Crippen molar-refractivity contribution in [1.82, 2.24) is 4.98 Å². The van der Waals surface area contributed by atoms with E-state index in [2.05, 4.69) is 11.2 Å². The molecule has 1 radical (unpaired) electrons. The molecule has 0 fully saturated rings. The van der Waals surface area contributed by atoms with Gasteiger partial charge in [-0.1, -0.05) is 11.6 Å². The Balaban J connectivity index is 3.13. The van der Waals surface area contributed by atoms with Crippen LogP contribution in [-0.2, 0) is 0 Å².